The molecule has 0 radical (unpaired) electrons. The Morgan fingerprint density at radius 3 is 1.83 bits per heavy atom. The average molecular weight is 591 g/mol. The summed E-state index contributed by atoms with van der Waals surface area (Å²) in [5.41, 5.74) is 7.80. The molecule has 9 rings (SSSR count). The fraction of sp³-hybridized carbons (Fsp3) is 0.0233. The second-order valence-electron chi connectivity index (χ2n) is 11.8. The highest BCUT2D eigenvalue weighted by atomic mass is 16.5. The van der Waals surface area contributed by atoms with E-state index >= 15 is 0 Å². The topological polar surface area (TPSA) is 24.5 Å². The highest BCUT2D eigenvalue weighted by Gasteiger charge is 2.28. The maximum atomic E-state index is 6.75. The summed E-state index contributed by atoms with van der Waals surface area (Å²) in [6.07, 6.45) is -0.254. The molecule has 0 amide bonds. The zero-order valence-electron chi connectivity index (χ0n) is 25.1. The van der Waals surface area contributed by atoms with Crippen LogP contribution in [0.3, 0.4) is 0 Å². The van der Waals surface area contributed by atoms with Crippen LogP contribution in [0.2, 0.25) is 0 Å². The third-order valence-electron chi connectivity index (χ3n) is 9.06. The lowest BCUT2D eigenvalue weighted by Crippen LogP contribution is -2.10. The van der Waals surface area contributed by atoms with Gasteiger partial charge in [-0.25, -0.2) is 0 Å². The monoisotopic (exact) mass is 590 g/mol. The smallest absolute Gasteiger partial charge is 0.196 e. The van der Waals surface area contributed by atoms with Crippen LogP contribution in [-0.2, 0) is 0 Å². The Morgan fingerprint density at radius 1 is 0.435 bits per heavy atom. The van der Waals surface area contributed by atoms with Crippen LogP contribution < -0.4 is 15.0 Å². The first kappa shape index (κ1) is 26.4. The van der Waals surface area contributed by atoms with E-state index in [0.29, 0.717) is 0 Å². The summed E-state index contributed by atoms with van der Waals surface area (Å²) in [4.78, 5) is 2.35. The lowest BCUT2D eigenvalue weighted by molar-refractivity contribution is 0.262. The number of hydrogen-bond acceptors (Lipinski definition) is 3. The highest BCUT2D eigenvalue weighted by molar-refractivity contribution is 6.18. The van der Waals surface area contributed by atoms with Crippen LogP contribution in [0.25, 0.3) is 43.4 Å². The largest absolute Gasteiger partial charge is 0.464 e. The number of ether oxygens (including phenoxy) is 1. The zero-order chi connectivity index (χ0) is 30.5. The standard InChI is InChI=1S/C43H30N2O/c1-3-11-29(12-4-1)31-19-22-34(23-20-31)45(35-24-21-30-13-7-8-16-33(30)27-35)36-25-26-38-37-17-9-10-18-39(37)41-42(40(38)28-36)46-43(44-41)32-14-5-2-6-15-32/h1-28,43-44H. The summed E-state index contributed by atoms with van der Waals surface area (Å²) < 4.78 is 6.75. The minimum Gasteiger partial charge on any atom is -0.464 e. The van der Waals surface area contributed by atoms with Gasteiger partial charge in [0.1, 0.15) is 0 Å². The first-order valence-electron chi connectivity index (χ1n) is 15.7. The number of nitrogens with zero attached hydrogens (tertiary/aromatic N) is 1. The SMILES string of the molecule is c1ccc(-c2ccc(N(c3ccc4ccccc4c3)c3ccc4c(c3)c3c(c5ccccc54)NC(c4ccccc4)O3)cc2)cc1. The fourth-order valence-electron chi connectivity index (χ4n) is 6.81. The van der Waals surface area contributed by atoms with Crippen molar-refractivity contribution in [2.45, 2.75) is 6.23 Å². The Labute approximate surface area is 267 Å². The van der Waals surface area contributed by atoms with E-state index in [9.17, 15) is 0 Å². The van der Waals surface area contributed by atoms with Gasteiger partial charge in [-0.05, 0) is 69.1 Å². The second-order valence-corrected chi connectivity index (χ2v) is 11.8. The average Bonchev–Trinajstić information content (AvgIpc) is 3.59. The summed E-state index contributed by atoms with van der Waals surface area (Å²) in [6.45, 7) is 0. The van der Waals surface area contributed by atoms with Gasteiger partial charge in [0.2, 0.25) is 0 Å². The van der Waals surface area contributed by atoms with Crippen LogP contribution in [0.5, 0.6) is 5.75 Å². The number of rotatable bonds is 5. The van der Waals surface area contributed by atoms with Crippen molar-refractivity contribution in [2.24, 2.45) is 0 Å². The van der Waals surface area contributed by atoms with E-state index in [0.717, 1.165) is 39.4 Å². The van der Waals surface area contributed by atoms with Gasteiger partial charge in [0.15, 0.2) is 12.0 Å². The number of anilines is 4. The van der Waals surface area contributed by atoms with Crippen LogP contribution in [-0.4, -0.2) is 0 Å². The molecule has 3 nitrogen and oxygen atoms in total. The van der Waals surface area contributed by atoms with Crippen molar-refractivity contribution in [1.29, 1.82) is 0 Å². The Bertz CT molecular complexity index is 2370. The maximum Gasteiger partial charge on any atom is 0.196 e. The van der Waals surface area contributed by atoms with Crippen LogP contribution >= 0.6 is 0 Å². The molecule has 0 saturated heterocycles. The Morgan fingerprint density at radius 2 is 1.02 bits per heavy atom. The molecule has 0 bridgehead atoms. The van der Waals surface area contributed by atoms with Gasteiger partial charge in [-0.3, -0.25) is 0 Å². The molecule has 1 aliphatic rings. The van der Waals surface area contributed by atoms with E-state index in [1.54, 1.807) is 0 Å². The molecule has 8 aromatic rings. The highest BCUT2D eigenvalue weighted by Crippen LogP contribution is 2.50. The molecule has 3 heteroatoms. The molecule has 1 atom stereocenters. The molecule has 1 N–H and O–H groups in total. The molecule has 0 spiro atoms. The predicted octanol–water partition coefficient (Wildman–Crippen LogP) is 11.8. The van der Waals surface area contributed by atoms with E-state index in [1.807, 2.05) is 6.07 Å². The zero-order valence-corrected chi connectivity index (χ0v) is 25.1. The second kappa shape index (κ2) is 10.8. The minimum absolute atomic E-state index is 0.254. The van der Waals surface area contributed by atoms with Gasteiger partial charge in [-0.1, -0.05) is 133 Å². The molecule has 0 saturated carbocycles. The third kappa shape index (κ3) is 4.44. The molecule has 1 unspecified atom stereocenters. The number of hydrogen-bond donors (Lipinski definition) is 1. The van der Waals surface area contributed by atoms with Gasteiger partial charge in [0.05, 0.1) is 5.69 Å². The van der Waals surface area contributed by atoms with Crippen molar-refractivity contribution in [3.8, 4) is 16.9 Å². The number of benzene rings is 8. The molecule has 0 fully saturated rings. The summed E-state index contributed by atoms with van der Waals surface area (Å²) in [6, 6.07) is 60.4. The van der Waals surface area contributed by atoms with E-state index in [1.165, 1.54) is 38.1 Å². The molecule has 0 aromatic heterocycles. The third-order valence-corrected chi connectivity index (χ3v) is 9.06. The quantitative estimate of drug-likeness (QED) is 0.202. The van der Waals surface area contributed by atoms with E-state index < -0.39 is 0 Å². The summed E-state index contributed by atoms with van der Waals surface area (Å²) in [5, 5.41) is 10.8. The molecular formula is C43H30N2O. The molecule has 46 heavy (non-hydrogen) atoms. The first-order valence-corrected chi connectivity index (χ1v) is 15.7. The van der Waals surface area contributed by atoms with Crippen LogP contribution in [0, 0.1) is 0 Å². The lowest BCUT2D eigenvalue weighted by atomic mass is 9.98. The Balaban J connectivity index is 1.23. The van der Waals surface area contributed by atoms with E-state index in [-0.39, 0.29) is 6.23 Å². The summed E-state index contributed by atoms with van der Waals surface area (Å²) in [7, 11) is 0. The van der Waals surface area contributed by atoms with Gasteiger partial charge in [-0.15, -0.1) is 0 Å². The Kier molecular flexibility index (Phi) is 6.20. The van der Waals surface area contributed by atoms with Crippen molar-refractivity contribution in [3.05, 3.63) is 175 Å². The van der Waals surface area contributed by atoms with Gasteiger partial charge in [-0.2, -0.15) is 0 Å². The van der Waals surface area contributed by atoms with Crippen molar-refractivity contribution >= 4 is 55.1 Å². The van der Waals surface area contributed by atoms with Gasteiger partial charge >= 0.3 is 0 Å². The number of fused-ring (bicyclic) bond motifs is 7. The molecule has 1 heterocycles. The Hall–Kier alpha value is -6.06. The molecule has 0 aliphatic carbocycles. The van der Waals surface area contributed by atoms with Crippen LogP contribution in [0.1, 0.15) is 11.8 Å². The summed E-state index contributed by atoms with van der Waals surface area (Å²) >= 11 is 0. The maximum absolute atomic E-state index is 6.75. The molecule has 1 aliphatic heterocycles. The first-order chi connectivity index (χ1) is 22.8. The minimum atomic E-state index is -0.254. The molecule has 218 valence electrons. The van der Waals surface area contributed by atoms with Gasteiger partial charge in [0.25, 0.3) is 0 Å². The van der Waals surface area contributed by atoms with Crippen LogP contribution in [0.4, 0.5) is 22.7 Å². The van der Waals surface area contributed by atoms with E-state index in [4.69, 9.17) is 4.74 Å². The van der Waals surface area contributed by atoms with Crippen molar-refractivity contribution in [3.63, 3.8) is 0 Å². The van der Waals surface area contributed by atoms with Crippen LogP contribution in [0.15, 0.2) is 170 Å². The predicted molar refractivity (Wildman–Crippen MR) is 193 cm³/mol. The lowest BCUT2D eigenvalue weighted by Gasteiger charge is -2.27. The summed E-state index contributed by atoms with van der Waals surface area (Å²) in [5.74, 6) is 0.891. The molecule has 8 aromatic carbocycles. The van der Waals surface area contributed by atoms with Gasteiger partial charge in [0, 0.05) is 33.4 Å². The number of nitrogens with one attached hydrogen (secondary N) is 1. The van der Waals surface area contributed by atoms with Crippen molar-refractivity contribution < 1.29 is 4.74 Å². The molecular weight excluding hydrogens is 560 g/mol. The normalized spacial score (nSPS) is 13.8. The van der Waals surface area contributed by atoms with E-state index in [2.05, 4.69) is 174 Å². The van der Waals surface area contributed by atoms with Gasteiger partial charge < -0.3 is 15.0 Å². The van der Waals surface area contributed by atoms with Crippen molar-refractivity contribution in [1.82, 2.24) is 0 Å². The fourth-order valence-corrected chi connectivity index (χ4v) is 6.81. The van der Waals surface area contributed by atoms with Crippen molar-refractivity contribution in [2.75, 3.05) is 10.2 Å².